The number of rotatable bonds is 4. The number of H-pyrrole nitrogens is 1. The van der Waals surface area contributed by atoms with Crippen molar-refractivity contribution in [2.45, 2.75) is 38.2 Å². The Morgan fingerprint density at radius 3 is 2.81 bits per heavy atom. The zero-order valence-corrected chi connectivity index (χ0v) is 11.8. The summed E-state index contributed by atoms with van der Waals surface area (Å²) in [5.41, 5.74) is 2.06. The minimum absolute atomic E-state index is 0.257. The van der Waals surface area contributed by atoms with Crippen LogP contribution in [0.3, 0.4) is 0 Å². The van der Waals surface area contributed by atoms with Crippen molar-refractivity contribution < 1.29 is 9.53 Å². The van der Waals surface area contributed by atoms with E-state index in [9.17, 15) is 4.79 Å². The van der Waals surface area contributed by atoms with Crippen LogP contribution in [0.4, 0.5) is 10.6 Å². The Balaban J connectivity index is 1.50. The highest BCUT2D eigenvalue weighted by Crippen LogP contribution is 2.33. The van der Waals surface area contributed by atoms with Crippen molar-refractivity contribution >= 4 is 11.9 Å². The van der Waals surface area contributed by atoms with Gasteiger partial charge in [-0.2, -0.15) is 5.10 Å². The van der Waals surface area contributed by atoms with Gasteiger partial charge in [-0.05, 0) is 18.4 Å². The molecule has 0 radical (unpaired) electrons. The number of hydrogen-bond acceptors (Lipinski definition) is 3. The third-order valence-electron chi connectivity index (χ3n) is 3.84. The van der Waals surface area contributed by atoms with Gasteiger partial charge in [0.1, 0.15) is 6.61 Å². The summed E-state index contributed by atoms with van der Waals surface area (Å²) in [4.78, 5) is 11.7. The van der Waals surface area contributed by atoms with E-state index in [-0.39, 0.29) is 6.61 Å². The molecule has 1 aliphatic rings. The van der Waals surface area contributed by atoms with Crippen molar-refractivity contribution in [1.29, 1.82) is 0 Å². The van der Waals surface area contributed by atoms with E-state index in [4.69, 9.17) is 4.74 Å². The number of benzene rings is 1. The number of nitrogens with zero attached hydrogens (tertiary/aromatic N) is 1. The molecule has 0 aliphatic heterocycles. The van der Waals surface area contributed by atoms with Crippen molar-refractivity contribution in [3.63, 3.8) is 0 Å². The molecule has 0 saturated heterocycles. The monoisotopic (exact) mass is 285 g/mol. The van der Waals surface area contributed by atoms with Gasteiger partial charge in [0.25, 0.3) is 0 Å². The number of carbonyl (C=O) groups excluding carboxylic acids is 1. The molecule has 110 valence electrons. The summed E-state index contributed by atoms with van der Waals surface area (Å²) in [7, 11) is 0. The highest BCUT2D eigenvalue weighted by atomic mass is 16.5. The summed E-state index contributed by atoms with van der Waals surface area (Å²) in [6, 6.07) is 11.5. The molecular weight excluding hydrogens is 266 g/mol. The van der Waals surface area contributed by atoms with Gasteiger partial charge in [-0.15, -0.1) is 0 Å². The van der Waals surface area contributed by atoms with Crippen molar-refractivity contribution in [2.75, 3.05) is 5.32 Å². The van der Waals surface area contributed by atoms with Crippen molar-refractivity contribution in [1.82, 2.24) is 10.2 Å². The molecule has 3 rings (SSSR count). The Labute approximate surface area is 123 Å². The molecule has 1 amide bonds. The number of ether oxygens (including phenoxy) is 1. The van der Waals surface area contributed by atoms with Crippen LogP contribution >= 0.6 is 0 Å². The lowest BCUT2D eigenvalue weighted by atomic mass is 10.0. The number of amides is 1. The summed E-state index contributed by atoms with van der Waals surface area (Å²) >= 11 is 0. The van der Waals surface area contributed by atoms with Gasteiger partial charge in [0.2, 0.25) is 0 Å². The van der Waals surface area contributed by atoms with Gasteiger partial charge in [0.05, 0.1) is 0 Å². The standard InChI is InChI=1S/C16H19N3O2/c20-16(21-11-12-6-2-1-3-7-12)17-15-10-14(18-19-15)13-8-4-5-9-13/h1-3,6-7,10,13H,4-5,8-9,11H2,(H2,17,18,19,20). The first-order valence-corrected chi connectivity index (χ1v) is 7.34. The lowest BCUT2D eigenvalue weighted by molar-refractivity contribution is 0.155. The summed E-state index contributed by atoms with van der Waals surface area (Å²) in [6.07, 6.45) is 4.44. The van der Waals surface area contributed by atoms with E-state index in [0.29, 0.717) is 11.7 Å². The highest BCUT2D eigenvalue weighted by Gasteiger charge is 2.19. The van der Waals surface area contributed by atoms with Gasteiger partial charge < -0.3 is 4.74 Å². The first-order valence-electron chi connectivity index (χ1n) is 7.34. The van der Waals surface area contributed by atoms with Gasteiger partial charge in [0, 0.05) is 17.7 Å². The fraction of sp³-hybridized carbons (Fsp3) is 0.375. The Bertz CT molecular complexity index is 589. The Hall–Kier alpha value is -2.30. The first kappa shape index (κ1) is 13.7. The molecule has 0 spiro atoms. The molecule has 21 heavy (non-hydrogen) atoms. The number of aromatic nitrogens is 2. The van der Waals surface area contributed by atoms with E-state index in [1.54, 1.807) is 0 Å². The molecule has 0 atom stereocenters. The molecule has 0 unspecified atom stereocenters. The Kier molecular flexibility index (Phi) is 4.19. The second kappa shape index (κ2) is 6.43. The van der Waals surface area contributed by atoms with Crippen LogP contribution in [0, 0.1) is 0 Å². The smallest absolute Gasteiger partial charge is 0.413 e. The van der Waals surface area contributed by atoms with Gasteiger partial charge >= 0.3 is 6.09 Å². The minimum atomic E-state index is -0.483. The van der Waals surface area contributed by atoms with Crippen LogP contribution in [-0.2, 0) is 11.3 Å². The normalized spacial score (nSPS) is 15.0. The zero-order valence-electron chi connectivity index (χ0n) is 11.8. The van der Waals surface area contributed by atoms with Crippen LogP contribution in [-0.4, -0.2) is 16.3 Å². The van der Waals surface area contributed by atoms with Gasteiger partial charge in [-0.3, -0.25) is 10.4 Å². The predicted molar refractivity (Wildman–Crippen MR) is 80.0 cm³/mol. The van der Waals surface area contributed by atoms with Gasteiger partial charge in [0.15, 0.2) is 5.82 Å². The molecule has 1 aliphatic carbocycles. The first-order chi connectivity index (χ1) is 10.3. The van der Waals surface area contributed by atoms with Crippen molar-refractivity contribution in [3.8, 4) is 0 Å². The molecule has 1 fully saturated rings. The van der Waals surface area contributed by atoms with E-state index in [2.05, 4.69) is 15.5 Å². The molecule has 2 aromatic rings. The van der Waals surface area contributed by atoms with E-state index in [1.807, 2.05) is 36.4 Å². The number of hydrogen-bond donors (Lipinski definition) is 2. The SMILES string of the molecule is O=C(Nc1cc(C2CCCC2)[nH]n1)OCc1ccccc1. The Morgan fingerprint density at radius 1 is 1.29 bits per heavy atom. The fourth-order valence-electron chi connectivity index (χ4n) is 2.71. The van der Waals surface area contributed by atoms with E-state index in [1.165, 1.54) is 25.7 Å². The van der Waals surface area contributed by atoms with Crippen LogP contribution in [0.15, 0.2) is 36.4 Å². The number of carbonyl (C=O) groups is 1. The number of anilines is 1. The molecule has 5 heteroatoms. The summed E-state index contributed by atoms with van der Waals surface area (Å²) in [5, 5.41) is 9.78. The second-order valence-corrected chi connectivity index (χ2v) is 5.38. The Morgan fingerprint density at radius 2 is 2.05 bits per heavy atom. The number of nitrogens with one attached hydrogen (secondary N) is 2. The van der Waals surface area contributed by atoms with Crippen LogP contribution in [0.2, 0.25) is 0 Å². The average molecular weight is 285 g/mol. The average Bonchev–Trinajstić information content (AvgIpc) is 3.17. The second-order valence-electron chi connectivity index (χ2n) is 5.38. The highest BCUT2D eigenvalue weighted by molar-refractivity contribution is 5.83. The molecule has 1 aromatic heterocycles. The topological polar surface area (TPSA) is 67.0 Å². The molecule has 0 bridgehead atoms. The zero-order chi connectivity index (χ0) is 14.5. The van der Waals surface area contributed by atoms with E-state index >= 15 is 0 Å². The quantitative estimate of drug-likeness (QED) is 0.897. The van der Waals surface area contributed by atoms with E-state index < -0.39 is 6.09 Å². The summed E-state index contributed by atoms with van der Waals surface area (Å²) in [5.74, 6) is 1.07. The maximum atomic E-state index is 11.7. The predicted octanol–water partition coefficient (Wildman–Crippen LogP) is 3.82. The maximum absolute atomic E-state index is 11.7. The largest absolute Gasteiger partial charge is 0.444 e. The maximum Gasteiger partial charge on any atom is 0.413 e. The summed E-state index contributed by atoms with van der Waals surface area (Å²) in [6.45, 7) is 0.257. The lowest BCUT2D eigenvalue weighted by Crippen LogP contribution is -2.13. The minimum Gasteiger partial charge on any atom is -0.444 e. The molecule has 1 aromatic carbocycles. The molecular formula is C16H19N3O2. The molecule has 5 nitrogen and oxygen atoms in total. The van der Waals surface area contributed by atoms with Crippen LogP contribution < -0.4 is 5.32 Å². The third-order valence-corrected chi connectivity index (χ3v) is 3.84. The summed E-state index contributed by atoms with van der Waals surface area (Å²) < 4.78 is 5.16. The van der Waals surface area contributed by atoms with Crippen molar-refractivity contribution in [2.24, 2.45) is 0 Å². The third kappa shape index (κ3) is 3.62. The van der Waals surface area contributed by atoms with Gasteiger partial charge in [-0.1, -0.05) is 43.2 Å². The molecule has 2 N–H and O–H groups in total. The molecule has 1 saturated carbocycles. The van der Waals surface area contributed by atoms with Crippen molar-refractivity contribution in [3.05, 3.63) is 47.7 Å². The number of aromatic amines is 1. The van der Waals surface area contributed by atoms with Crippen LogP contribution in [0.5, 0.6) is 0 Å². The van der Waals surface area contributed by atoms with Crippen LogP contribution in [0.25, 0.3) is 0 Å². The fourth-order valence-corrected chi connectivity index (χ4v) is 2.71. The van der Waals surface area contributed by atoms with Crippen LogP contribution in [0.1, 0.15) is 42.9 Å². The molecule has 1 heterocycles. The lowest BCUT2D eigenvalue weighted by Gasteiger charge is -2.05. The van der Waals surface area contributed by atoms with Gasteiger partial charge in [-0.25, -0.2) is 4.79 Å². The van der Waals surface area contributed by atoms with E-state index in [0.717, 1.165) is 11.3 Å².